The Morgan fingerprint density at radius 3 is 0.913 bits per heavy atom. The largest absolute Gasteiger partial charge is 0.492 e. The van der Waals surface area contributed by atoms with Gasteiger partial charge in [-0.15, -0.1) is 0 Å². The molecule has 0 saturated carbocycles. The summed E-state index contributed by atoms with van der Waals surface area (Å²) in [5.74, 6) is -0.360. The molecule has 0 aliphatic carbocycles. The van der Waals surface area contributed by atoms with Crippen LogP contribution in [0.4, 0.5) is 0 Å². The van der Waals surface area contributed by atoms with E-state index >= 15 is 0 Å². The Hall–Kier alpha value is -2.81. The predicted octanol–water partition coefficient (Wildman–Crippen LogP) is 19.9. The van der Waals surface area contributed by atoms with Gasteiger partial charge in [0, 0.05) is 36.8 Å². The summed E-state index contributed by atoms with van der Waals surface area (Å²) in [6.45, 7) is 5.10. The summed E-state index contributed by atoms with van der Waals surface area (Å²) < 4.78 is 83.1. The number of esters is 4. The second kappa shape index (κ2) is 60.0. The van der Waals surface area contributed by atoms with Gasteiger partial charge in [-0.2, -0.15) is 0 Å². The van der Waals surface area contributed by atoms with Gasteiger partial charge in [0.05, 0.1) is 75.9 Å². The number of nitrogens with zero attached hydrogens (tertiary/aromatic N) is 2. The molecular weight excluding hydrogens is 1600 g/mol. The first-order chi connectivity index (χ1) is 49.7. The zero-order valence-electron chi connectivity index (χ0n) is 65.3. The van der Waals surface area contributed by atoms with Crippen LogP contribution in [0.15, 0.2) is 36.4 Å². The zero-order valence-corrected chi connectivity index (χ0v) is 71.4. The van der Waals surface area contributed by atoms with E-state index < -0.39 is 64.9 Å². The average molecular weight is 1740 g/mol. The summed E-state index contributed by atoms with van der Waals surface area (Å²) in [6, 6.07) is 11.1. The molecule has 0 radical (unpaired) electrons. The van der Waals surface area contributed by atoms with Crippen molar-refractivity contribution in [2.45, 2.75) is 296 Å². The van der Waals surface area contributed by atoms with Crippen molar-refractivity contribution in [2.24, 2.45) is 0 Å². The number of halogens is 2. The van der Waals surface area contributed by atoms with Gasteiger partial charge in [0.25, 0.3) is 0 Å². The van der Waals surface area contributed by atoms with Crippen molar-refractivity contribution in [3.63, 3.8) is 0 Å². The summed E-state index contributed by atoms with van der Waals surface area (Å²) >= 11 is 4.44. The van der Waals surface area contributed by atoms with Gasteiger partial charge in [-0.05, 0) is 120 Å². The number of phosphoric acid groups is 2. The molecule has 21 nitrogen and oxygen atoms in total. The van der Waals surface area contributed by atoms with E-state index in [2.05, 4.69) is 59.0 Å². The third-order valence-corrected chi connectivity index (χ3v) is 21.4. The Bertz CT molecular complexity index is 2540. The average Bonchev–Trinajstić information content (AvgIpc) is 0.823. The molecule has 104 heavy (non-hydrogen) atoms. The predicted molar refractivity (Wildman–Crippen MR) is 429 cm³/mol. The van der Waals surface area contributed by atoms with E-state index in [9.17, 15) is 42.9 Å². The summed E-state index contributed by atoms with van der Waals surface area (Å²) in [5.41, 5.74) is 1.17. The smallest absolute Gasteiger partial charge is 0.472 e. The molecule has 0 amide bonds. The fourth-order valence-electron chi connectivity index (χ4n) is 11.3. The van der Waals surface area contributed by atoms with Gasteiger partial charge in [0.15, 0.2) is 18.0 Å². The second-order valence-corrected chi connectivity index (χ2v) is 35.1. The lowest BCUT2D eigenvalue weighted by molar-refractivity contribution is -0.870. The number of ether oxygens (including phenoxy) is 6. The monoisotopic (exact) mass is 1730 g/mol. The van der Waals surface area contributed by atoms with Crippen LogP contribution in [-0.4, -0.2) is 169 Å². The zero-order chi connectivity index (χ0) is 76.6. The van der Waals surface area contributed by atoms with Gasteiger partial charge < -0.3 is 47.2 Å². The van der Waals surface area contributed by atoms with E-state index in [0.717, 1.165) is 147 Å². The Morgan fingerprint density at radius 2 is 0.635 bits per heavy atom. The van der Waals surface area contributed by atoms with Gasteiger partial charge in [-0.3, -0.25) is 42.1 Å². The maximum absolute atomic E-state index is 13.6. The third-order valence-electron chi connectivity index (χ3n) is 17.8. The van der Waals surface area contributed by atoms with Gasteiger partial charge in [-0.1, -0.05) is 219 Å². The van der Waals surface area contributed by atoms with Gasteiger partial charge in [0.2, 0.25) is 0 Å². The summed E-state index contributed by atoms with van der Waals surface area (Å²) in [4.78, 5) is 85.2. The fourth-order valence-corrected chi connectivity index (χ4v) is 14.1. The third kappa shape index (κ3) is 55.6. The number of phosphoric ester groups is 2. The van der Waals surface area contributed by atoms with E-state index in [-0.39, 0.29) is 57.9 Å². The highest BCUT2D eigenvalue weighted by Gasteiger charge is 2.29. The van der Waals surface area contributed by atoms with Crippen LogP contribution in [0.2, 0.25) is 0 Å². The van der Waals surface area contributed by atoms with Crippen LogP contribution in [0.1, 0.15) is 299 Å². The molecule has 600 valence electrons. The molecule has 2 aromatic rings. The lowest BCUT2D eigenvalue weighted by Crippen LogP contribution is -2.37. The van der Waals surface area contributed by atoms with Crippen LogP contribution >= 0.6 is 60.8 Å². The first-order valence-corrected chi connectivity index (χ1v) is 44.8. The molecule has 4 atom stereocenters. The Kier molecular flexibility index (Phi) is 56.1. The molecule has 0 spiro atoms. The number of ketones is 1. The molecule has 0 fully saturated rings. The van der Waals surface area contributed by atoms with Crippen LogP contribution < -0.4 is 9.47 Å². The molecule has 25 heteroatoms. The van der Waals surface area contributed by atoms with E-state index in [0.29, 0.717) is 72.1 Å². The van der Waals surface area contributed by atoms with E-state index in [1.165, 1.54) is 89.9 Å². The van der Waals surface area contributed by atoms with Gasteiger partial charge in [-0.25, -0.2) is 9.13 Å². The topological polar surface area (TPSA) is 252 Å². The van der Waals surface area contributed by atoms with Crippen LogP contribution in [0, 0.1) is 7.14 Å². The highest BCUT2D eigenvalue weighted by molar-refractivity contribution is 14.1. The van der Waals surface area contributed by atoms with Crippen LogP contribution in [0.3, 0.4) is 0 Å². The number of hydrogen-bond acceptors (Lipinski definition) is 17. The Balaban J connectivity index is 1.63. The van der Waals surface area contributed by atoms with E-state index in [4.69, 9.17) is 46.5 Å². The number of carbonyl (C=O) groups is 5. The Labute approximate surface area is 654 Å². The minimum absolute atomic E-state index is 0.00122. The van der Waals surface area contributed by atoms with Crippen molar-refractivity contribution in [1.29, 1.82) is 0 Å². The highest BCUT2D eigenvalue weighted by Crippen LogP contribution is 2.44. The maximum Gasteiger partial charge on any atom is 0.472 e. The molecule has 0 aromatic heterocycles. The first kappa shape index (κ1) is 97.3. The Morgan fingerprint density at radius 1 is 0.365 bits per heavy atom. The van der Waals surface area contributed by atoms with Gasteiger partial charge >= 0.3 is 39.5 Å². The number of quaternary nitrogens is 2. The van der Waals surface area contributed by atoms with Crippen LogP contribution in [-0.2, 0) is 65.4 Å². The lowest BCUT2D eigenvalue weighted by Gasteiger charge is -2.24. The lowest BCUT2D eigenvalue weighted by atomic mass is 10.0. The fraction of sp³-hybridized carbons (Fsp3) is 0.785. The van der Waals surface area contributed by atoms with Crippen LogP contribution in [0.5, 0.6) is 11.5 Å². The first-order valence-electron chi connectivity index (χ1n) is 39.7. The van der Waals surface area contributed by atoms with Crippen LogP contribution in [0.25, 0.3) is 0 Å². The SMILES string of the molecule is CCCCCCCCCCCCCC(=O)O[C@H](COC(=O)CCCCCCCCCCOc1ccc(C(=O)c2ccc(OCCCCCCCCCCC(=O)OC[C@H](COP(=O)(O)OCC[N+](C)(C)C)OC(=O)CCCCCCCCCCCCC)c(I)c2)cc1I)COP(=O)(O)OCC[N+](C)(C)C. The van der Waals surface area contributed by atoms with Crippen molar-refractivity contribution in [3.8, 4) is 11.5 Å². The van der Waals surface area contributed by atoms with Crippen molar-refractivity contribution in [3.05, 3.63) is 54.7 Å². The molecule has 0 saturated heterocycles. The number of unbranched alkanes of at least 4 members (excludes halogenated alkanes) is 34. The molecule has 2 aromatic carbocycles. The number of rotatable bonds is 70. The number of carbonyl (C=O) groups excluding carboxylic acids is 5. The summed E-state index contributed by atoms with van der Waals surface area (Å²) in [7, 11) is 2.74. The highest BCUT2D eigenvalue weighted by atomic mass is 127. The van der Waals surface area contributed by atoms with Crippen molar-refractivity contribution >= 4 is 90.5 Å². The van der Waals surface area contributed by atoms with E-state index in [1.54, 1.807) is 0 Å². The number of hydrogen-bond donors (Lipinski definition) is 2. The summed E-state index contributed by atoms with van der Waals surface area (Å²) in [6.07, 6.45) is 39.4. The van der Waals surface area contributed by atoms with Crippen molar-refractivity contribution in [2.75, 3.05) is 108 Å². The molecular formula is C79H138I2N2O19P2+2. The van der Waals surface area contributed by atoms with Gasteiger partial charge in [0.1, 0.15) is 51.0 Å². The summed E-state index contributed by atoms with van der Waals surface area (Å²) in [5, 5.41) is 0. The molecule has 0 aliphatic heterocycles. The molecule has 0 aliphatic rings. The maximum atomic E-state index is 13.6. The number of likely N-dealkylation sites (N-methyl/N-ethyl adjacent to an activating group) is 2. The van der Waals surface area contributed by atoms with E-state index in [1.807, 2.05) is 78.7 Å². The molecule has 0 bridgehead atoms. The van der Waals surface area contributed by atoms with Crippen molar-refractivity contribution in [1.82, 2.24) is 0 Å². The minimum Gasteiger partial charge on any atom is -0.492 e. The molecule has 2 rings (SSSR count). The standard InChI is InChI=1S/C79H136I2N2O19P2/c1-9-11-13-15-17-19-21-23-31-37-43-49-77(86)101-69(65-99-103(89,90)97-59-55-82(3,4)5)63-95-75(84)47-41-35-29-25-27-33-39-45-57-93-73-53-51-67(61-71(73)80)79(88)68-52-54-74(72(81)62-68)94-58-46-40-34-28-26-30-36-42-48-76(85)96-64-70(66-100-104(91,92)98-60-56-83(6,7)8)102-78(87)50-44-38-32-24-22-20-18-16-14-12-10-2/h51-54,61-62,69-70H,9-50,55-60,63-66H2,1-8H3/p+2/t69-,70-/m1/s1. The van der Waals surface area contributed by atoms with Crippen molar-refractivity contribution < 1.29 is 98.4 Å². The molecule has 2 N–H and O–H groups in total. The molecule has 2 unspecified atom stereocenters. The quantitative estimate of drug-likeness (QED) is 0.0119. The minimum atomic E-state index is -4.43. The second-order valence-electron chi connectivity index (χ2n) is 29.9. The molecule has 0 heterocycles. The normalized spacial score (nSPS) is 13.6. The number of benzene rings is 2.